The zero-order valence-corrected chi connectivity index (χ0v) is 10.6. The molecule has 1 rings (SSSR count). The lowest BCUT2D eigenvalue weighted by atomic mass is 10.1. The zero-order chi connectivity index (χ0) is 11.5. The average Bonchev–Trinajstić information content (AvgIpc) is 2.12. The Labute approximate surface area is 97.5 Å². The van der Waals surface area contributed by atoms with E-state index in [1.807, 2.05) is 6.07 Å². The monoisotopic (exact) mass is 290 g/mol. The quantitative estimate of drug-likeness (QED) is 0.797. The Balaban J connectivity index is 3.11. The number of benzene rings is 1. The van der Waals surface area contributed by atoms with E-state index < -0.39 is 9.84 Å². The molecule has 0 amide bonds. The molecule has 0 aliphatic rings. The maximum absolute atomic E-state index is 11.3. The zero-order valence-electron chi connectivity index (χ0n) is 8.23. The summed E-state index contributed by atoms with van der Waals surface area (Å²) in [7, 11) is -3.19. The lowest BCUT2D eigenvalue weighted by molar-refractivity contribution is -0.107. The molecule has 0 spiro atoms. The van der Waals surface area contributed by atoms with E-state index in [0.717, 1.165) is 18.1 Å². The Bertz CT molecular complexity index is 466. The lowest BCUT2D eigenvalue weighted by Gasteiger charge is -2.03. The molecule has 0 heterocycles. The molecular formula is C10H11BrO3S. The van der Waals surface area contributed by atoms with Crippen LogP contribution in [0.5, 0.6) is 0 Å². The van der Waals surface area contributed by atoms with Crippen LogP contribution in [0.4, 0.5) is 0 Å². The van der Waals surface area contributed by atoms with Crippen molar-refractivity contribution in [2.75, 3.05) is 6.26 Å². The third kappa shape index (κ3) is 3.76. The predicted molar refractivity (Wildman–Crippen MR) is 61.6 cm³/mol. The minimum Gasteiger partial charge on any atom is -0.303 e. The summed E-state index contributed by atoms with van der Waals surface area (Å²) in [5, 5.41) is 0. The second kappa shape index (κ2) is 4.90. The fourth-order valence-corrected chi connectivity index (χ4v) is 2.60. The van der Waals surface area contributed by atoms with Gasteiger partial charge in [0.15, 0.2) is 9.84 Å². The van der Waals surface area contributed by atoms with E-state index in [-0.39, 0.29) is 4.90 Å². The third-order valence-electron chi connectivity index (χ3n) is 1.91. The van der Waals surface area contributed by atoms with Crippen LogP contribution in [0.2, 0.25) is 0 Å². The van der Waals surface area contributed by atoms with Gasteiger partial charge < -0.3 is 4.79 Å². The van der Waals surface area contributed by atoms with Crippen LogP contribution >= 0.6 is 15.9 Å². The van der Waals surface area contributed by atoms with E-state index in [1.165, 1.54) is 0 Å². The van der Waals surface area contributed by atoms with E-state index in [2.05, 4.69) is 15.9 Å². The van der Waals surface area contributed by atoms with E-state index in [1.54, 1.807) is 12.1 Å². The summed E-state index contributed by atoms with van der Waals surface area (Å²) >= 11 is 3.24. The summed E-state index contributed by atoms with van der Waals surface area (Å²) in [5.41, 5.74) is 0.844. The lowest BCUT2D eigenvalue weighted by Crippen LogP contribution is -1.98. The van der Waals surface area contributed by atoms with Crippen molar-refractivity contribution in [3.05, 3.63) is 28.2 Å². The maximum Gasteiger partial charge on any atom is 0.175 e. The molecule has 5 heteroatoms. The number of hydrogen-bond acceptors (Lipinski definition) is 3. The highest BCUT2D eigenvalue weighted by atomic mass is 79.9. The molecule has 0 bridgehead atoms. The van der Waals surface area contributed by atoms with E-state index >= 15 is 0 Å². The van der Waals surface area contributed by atoms with Gasteiger partial charge in [0, 0.05) is 17.1 Å². The molecule has 0 atom stereocenters. The summed E-state index contributed by atoms with van der Waals surface area (Å²) in [6, 6.07) is 4.97. The molecule has 0 saturated carbocycles. The van der Waals surface area contributed by atoms with Crippen LogP contribution in [-0.4, -0.2) is 21.0 Å². The second-order valence-electron chi connectivity index (χ2n) is 3.27. The van der Waals surface area contributed by atoms with Crippen LogP contribution in [-0.2, 0) is 21.1 Å². The van der Waals surface area contributed by atoms with Crippen molar-refractivity contribution in [3.63, 3.8) is 0 Å². The maximum atomic E-state index is 11.3. The topological polar surface area (TPSA) is 51.2 Å². The molecule has 0 saturated heterocycles. The minimum atomic E-state index is -3.19. The van der Waals surface area contributed by atoms with Crippen LogP contribution in [0, 0.1) is 0 Å². The van der Waals surface area contributed by atoms with Crippen molar-refractivity contribution in [1.29, 1.82) is 0 Å². The van der Waals surface area contributed by atoms with Crippen molar-refractivity contribution in [2.24, 2.45) is 0 Å². The molecule has 0 radical (unpaired) electrons. The van der Waals surface area contributed by atoms with Crippen molar-refractivity contribution < 1.29 is 13.2 Å². The van der Waals surface area contributed by atoms with Gasteiger partial charge in [-0.2, -0.15) is 0 Å². The highest BCUT2D eigenvalue weighted by Gasteiger charge is 2.09. The van der Waals surface area contributed by atoms with Crippen LogP contribution in [0.1, 0.15) is 12.0 Å². The van der Waals surface area contributed by atoms with Crippen LogP contribution < -0.4 is 0 Å². The molecule has 1 aromatic carbocycles. The predicted octanol–water partition coefficient (Wildman–Crippen LogP) is 1.98. The summed E-state index contributed by atoms with van der Waals surface area (Å²) in [6.07, 6.45) is 2.95. The Hall–Kier alpha value is -0.680. The summed E-state index contributed by atoms with van der Waals surface area (Å²) < 4.78 is 23.4. The fourth-order valence-electron chi connectivity index (χ4n) is 1.20. The molecule has 0 N–H and O–H groups in total. The van der Waals surface area contributed by atoms with Crippen molar-refractivity contribution >= 4 is 32.1 Å². The number of carbonyl (C=O) groups excluding carboxylic acids is 1. The van der Waals surface area contributed by atoms with Crippen LogP contribution in [0.15, 0.2) is 27.6 Å². The highest BCUT2D eigenvalue weighted by molar-refractivity contribution is 9.10. The number of aldehydes is 1. The Morgan fingerprint density at radius 1 is 1.33 bits per heavy atom. The first kappa shape index (κ1) is 12.4. The largest absolute Gasteiger partial charge is 0.303 e. The molecule has 0 aliphatic heterocycles. The molecule has 0 fully saturated rings. The summed E-state index contributed by atoms with van der Waals surface area (Å²) in [4.78, 5) is 10.5. The van der Waals surface area contributed by atoms with Gasteiger partial charge in [-0.1, -0.05) is 15.9 Å². The van der Waals surface area contributed by atoms with Gasteiger partial charge in [-0.15, -0.1) is 0 Å². The number of halogens is 1. The first-order valence-corrected chi connectivity index (χ1v) is 7.05. The summed E-state index contributed by atoms with van der Waals surface area (Å²) in [5.74, 6) is 0. The van der Waals surface area contributed by atoms with E-state index in [4.69, 9.17) is 0 Å². The number of carbonyl (C=O) groups is 1. The first-order chi connectivity index (χ1) is 6.93. The van der Waals surface area contributed by atoms with Gasteiger partial charge in [-0.05, 0) is 30.2 Å². The molecule has 3 nitrogen and oxygen atoms in total. The normalized spacial score (nSPS) is 11.3. The molecule has 15 heavy (non-hydrogen) atoms. The Morgan fingerprint density at radius 3 is 2.53 bits per heavy atom. The minimum absolute atomic E-state index is 0.276. The number of hydrogen-bond donors (Lipinski definition) is 0. The van der Waals surface area contributed by atoms with Crippen LogP contribution in [0.3, 0.4) is 0 Å². The number of aryl methyl sites for hydroxylation is 1. The van der Waals surface area contributed by atoms with Crippen LogP contribution in [0.25, 0.3) is 0 Å². The van der Waals surface area contributed by atoms with Crippen molar-refractivity contribution in [1.82, 2.24) is 0 Å². The molecule has 0 aromatic heterocycles. The Kier molecular flexibility index (Phi) is 4.04. The molecule has 0 aliphatic carbocycles. The van der Waals surface area contributed by atoms with Gasteiger partial charge in [-0.3, -0.25) is 0 Å². The first-order valence-electron chi connectivity index (χ1n) is 4.36. The second-order valence-corrected chi connectivity index (χ2v) is 6.20. The van der Waals surface area contributed by atoms with Crippen molar-refractivity contribution in [2.45, 2.75) is 17.7 Å². The standard InChI is InChI=1S/C10H11BrO3S/c1-15(13,14)10-6-8(3-2-4-12)5-9(11)7-10/h4-7H,2-3H2,1H3. The summed E-state index contributed by atoms with van der Waals surface area (Å²) in [6.45, 7) is 0. The SMILES string of the molecule is CS(=O)(=O)c1cc(Br)cc(CCC=O)c1. The van der Waals surface area contributed by atoms with Gasteiger partial charge >= 0.3 is 0 Å². The average molecular weight is 291 g/mol. The van der Waals surface area contributed by atoms with Gasteiger partial charge in [0.05, 0.1) is 4.90 Å². The third-order valence-corrected chi connectivity index (χ3v) is 3.46. The van der Waals surface area contributed by atoms with Gasteiger partial charge in [-0.25, -0.2) is 8.42 Å². The van der Waals surface area contributed by atoms with Crippen molar-refractivity contribution in [3.8, 4) is 0 Å². The van der Waals surface area contributed by atoms with Gasteiger partial charge in [0.1, 0.15) is 6.29 Å². The molecule has 0 unspecified atom stereocenters. The molecule has 82 valence electrons. The highest BCUT2D eigenvalue weighted by Crippen LogP contribution is 2.20. The Morgan fingerprint density at radius 2 is 2.00 bits per heavy atom. The number of rotatable bonds is 4. The fraction of sp³-hybridized carbons (Fsp3) is 0.300. The number of sulfone groups is 1. The molecular weight excluding hydrogens is 280 g/mol. The smallest absolute Gasteiger partial charge is 0.175 e. The van der Waals surface area contributed by atoms with E-state index in [9.17, 15) is 13.2 Å². The van der Waals surface area contributed by atoms with Gasteiger partial charge in [0.25, 0.3) is 0 Å². The molecule has 1 aromatic rings. The van der Waals surface area contributed by atoms with Gasteiger partial charge in [0.2, 0.25) is 0 Å². The van der Waals surface area contributed by atoms with E-state index in [0.29, 0.717) is 17.3 Å².